The highest BCUT2D eigenvalue weighted by Crippen LogP contribution is 2.40. The first-order chi connectivity index (χ1) is 11.2. The van der Waals surface area contributed by atoms with Gasteiger partial charge in [-0.2, -0.15) is 13.2 Å². The third-order valence-corrected chi connectivity index (χ3v) is 4.93. The smallest absolute Gasteiger partial charge is 0.385 e. The number of thiocarbonyl (C=S) groups is 1. The molecule has 0 aliphatic carbocycles. The zero-order valence-electron chi connectivity index (χ0n) is 13.9. The number of rotatable bonds is 5. The van der Waals surface area contributed by atoms with E-state index in [1.807, 2.05) is 6.92 Å². The summed E-state index contributed by atoms with van der Waals surface area (Å²) in [6.45, 7) is 5.64. The maximum absolute atomic E-state index is 12.9. The lowest BCUT2D eigenvalue weighted by Crippen LogP contribution is -2.33. The first kappa shape index (κ1) is 18.8. The van der Waals surface area contributed by atoms with E-state index in [9.17, 15) is 13.2 Å². The van der Waals surface area contributed by atoms with Crippen molar-refractivity contribution in [1.82, 2.24) is 5.32 Å². The van der Waals surface area contributed by atoms with Gasteiger partial charge in [-0.1, -0.05) is 13.8 Å². The molecular formula is C17H24F3N3S. The molecule has 0 saturated carbocycles. The highest BCUT2D eigenvalue weighted by atomic mass is 32.1. The zero-order valence-corrected chi connectivity index (χ0v) is 14.7. The molecule has 0 aromatic heterocycles. The zero-order chi connectivity index (χ0) is 17.9. The first-order valence-electron chi connectivity index (χ1n) is 8.16. The SMILES string of the molecule is CC(CCC1CNc2ccc(C(F)(F)F)cc2C1C)CNC(N)=S. The van der Waals surface area contributed by atoms with Crippen LogP contribution in [0, 0.1) is 11.8 Å². The second kappa shape index (κ2) is 7.59. The van der Waals surface area contributed by atoms with Crippen LogP contribution in [-0.4, -0.2) is 18.2 Å². The van der Waals surface area contributed by atoms with Crippen LogP contribution in [0.1, 0.15) is 43.7 Å². The van der Waals surface area contributed by atoms with Crippen molar-refractivity contribution in [3.63, 3.8) is 0 Å². The molecule has 1 aliphatic heterocycles. The number of nitrogens with one attached hydrogen (secondary N) is 2. The lowest BCUT2D eigenvalue weighted by molar-refractivity contribution is -0.137. The van der Waals surface area contributed by atoms with E-state index in [1.54, 1.807) is 6.07 Å². The van der Waals surface area contributed by atoms with E-state index >= 15 is 0 Å². The maximum atomic E-state index is 12.9. The van der Waals surface area contributed by atoms with Crippen molar-refractivity contribution in [1.29, 1.82) is 0 Å². The predicted octanol–water partition coefficient (Wildman–Crippen LogP) is 4.10. The Labute approximate surface area is 146 Å². The van der Waals surface area contributed by atoms with E-state index < -0.39 is 11.7 Å². The molecule has 0 amide bonds. The predicted molar refractivity (Wildman–Crippen MR) is 95.0 cm³/mol. The Bertz CT molecular complexity index is 589. The second-order valence-corrected chi connectivity index (χ2v) is 7.10. The molecule has 0 spiro atoms. The first-order valence-corrected chi connectivity index (χ1v) is 8.57. The summed E-state index contributed by atoms with van der Waals surface area (Å²) < 4.78 is 38.8. The lowest BCUT2D eigenvalue weighted by Gasteiger charge is -2.33. The molecule has 0 radical (unpaired) electrons. The summed E-state index contributed by atoms with van der Waals surface area (Å²) in [7, 11) is 0. The van der Waals surface area contributed by atoms with Gasteiger partial charge in [-0.25, -0.2) is 0 Å². The lowest BCUT2D eigenvalue weighted by atomic mass is 9.79. The van der Waals surface area contributed by atoms with Gasteiger partial charge in [0.05, 0.1) is 5.56 Å². The quantitative estimate of drug-likeness (QED) is 0.693. The molecule has 2 rings (SSSR count). The molecule has 1 aromatic carbocycles. The molecule has 0 saturated heterocycles. The summed E-state index contributed by atoms with van der Waals surface area (Å²) in [5, 5.41) is 6.52. The Morgan fingerprint density at radius 2 is 2.17 bits per heavy atom. The number of anilines is 1. The number of hydrogen-bond acceptors (Lipinski definition) is 2. The van der Waals surface area contributed by atoms with Crippen molar-refractivity contribution in [2.24, 2.45) is 17.6 Å². The van der Waals surface area contributed by atoms with Crippen molar-refractivity contribution in [2.75, 3.05) is 18.4 Å². The molecule has 3 nitrogen and oxygen atoms in total. The largest absolute Gasteiger partial charge is 0.416 e. The molecule has 1 heterocycles. The number of benzene rings is 1. The van der Waals surface area contributed by atoms with Crippen molar-refractivity contribution in [3.8, 4) is 0 Å². The van der Waals surface area contributed by atoms with Crippen LogP contribution in [-0.2, 0) is 6.18 Å². The third-order valence-electron chi connectivity index (χ3n) is 4.79. The molecule has 0 bridgehead atoms. The van der Waals surface area contributed by atoms with E-state index in [2.05, 4.69) is 17.6 Å². The van der Waals surface area contributed by atoms with E-state index in [4.69, 9.17) is 18.0 Å². The minimum atomic E-state index is -4.30. The normalized spacial score (nSPS) is 21.5. The minimum Gasteiger partial charge on any atom is -0.385 e. The van der Waals surface area contributed by atoms with Crippen LogP contribution in [0.2, 0.25) is 0 Å². The highest BCUT2D eigenvalue weighted by Gasteiger charge is 2.33. The van der Waals surface area contributed by atoms with Gasteiger partial charge >= 0.3 is 6.18 Å². The average molecular weight is 359 g/mol. The highest BCUT2D eigenvalue weighted by molar-refractivity contribution is 7.80. The Kier molecular flexibility index (Phi) is 5.96. The van der Waals surface area contributed by atoms with Crippen LogP contribution >= 0.6 is 12.2 Å². The Morgan fingerprint density at radius 1 is 1.46 bits per heavy atom. The van der Waals surface area contributed by atoms with Crippen molar-refractivity contribution >= 4 is 23.0 Å². The summed E-state index contributed by atoms with van der Waals surface area (Å²) in [6.07, 6.45) is -2.38. The van der Waals surface area contributed by atoms with Crippen LogP contribution in [0.5, 0.6) is 0 Å². The Hall–Kier alpha value is -1.50. The van der Waals surface area contributed by atoms with Crippen LogP contribution in [0.4, 0.5) is 18.9 Å². The fourth-order valence-corrected chi connectivity index (χ4v) is 3.26. The van der Waals surface area contributed by atoms with Gasteiger partial charge in [-0.05, 0) is 66.6 Å². The van der Waals surface area contributed by atoms with Crippen LogP contribution in [0.15, 0.2) is 18.2 Å². The van der Waals surface area contributed by atoms with E-state index in [-0.39, 0.29) is 5.92 Å². The van der Waals surface area contributed by atoms with Crippen molar-refractivity contribution in [3.05, 3.63) is 29.3 Å². The molecule has 1 aliphatic rings. The Morgan fingerprint density at radius 3 is 2.79 bits per heavy atom. The fourth-order valence-electron chi connectivity index (χ4n) is 3.18. The number of hydrogen-bond donors (Lipinski definition) is 3. The Balaban J connectivity index is 2.00. The van der Waals surface area contributed by atoms with Crippen LogP contribution in [0.25, 0.3) is 0 Å². The molecule has 1 aromatic rings. The van der Waals surface area contributed by atoms with Gasteiger partial charge < -0.3 is 16.4 Å². The van der Waals surface area contributed by atoms with Crippen molar-refractivity contribution in [2.45, 2.75) is 38.8 Å². The van der Waals surface area contributed by atoms with Gasteiger partial charge in [-0.3, -0.25) is 0 Å². The molecular weight excluding hydrogens is 335 g/mol. The minimum absolute atomic E-state index is 0.0966. The summed E-state index contributed by atoms with van der Waals surface area (Å²) in [4.78, 5) is 0. The number of nitrogens with two attached hydrogens (primary N) is 1. The summed E-state index contributed by atoms with van der Waals surface area (Å²) in [5.41, 5.74) is 6.42. The third kappa shape index (κ3) is 4.75. The average Bonchev–Trinajstić information content (AvgIpc) is 2.51. The second-order valence-electron chi connectivity index (χ2n) is 6.66. The number of fused-ring (bicyclic) bond motifs is 1. The molecule has 3 atom stereocenters. The number of alkyl halides is 3. The molecule has 4 N–H and O–H groups in total. The van der Waals surface area contributed by atoms with E-state index in [1.165, 1.54) is 6.07 Å². The van der Waals surface area contributed by atoms with Crippen LogP contribution < -0.4 is 16.4 Å². The number of halogens is 3. The van der Waals surface area contributed by atoms with Gasteiger partial charge in [0.25, 0.3) is 0 Å². The monoisotopic (exact) mass is 359 g/mol. The van der Waals surface area contributed by atoms with E-state index in [0.29, 0.717) is 16.9 Å². The molecule has 134 valence electrons. The summed E-state index contributed by atoms with van der Waals surface area (Å²) >= 11 is 4.79. The van der Waals surface area contributed by atoms with E-state index in [0.717, 1.165) is 43.2 Å². The van der Waals surface area contributed by atoms with Gasteiger partial charge in [0, 0.05) is 18.8 Å². The van der Waals surface area contributed by atoms with Crippen LogP contribution in [0.3, 0.4) is 0 Å². The molecule has 24 heavy (non-hydrogen) atoms. The fraction of sp³-hybridized carbons (Fsp3) is 0.588. The van der Waals surface area contributed by atoms with Gasteiger partial charge in [-0.15, -0.1) is 0 Å². The maximum Gasteiger partial charge on any atom is 0.416 e. The standard InChI is InChI=1S/C17H24F3N3S/c1-10(8-23-16(21)24)3-4-12-9-22-15-6-5-13(17(18,19)20)7-14(15)11(12)2/h5-7,10-12,22H,3-4,8-9H2,1-2H3,(H3,21,23,24). The van der Waals surface area contributed by atoms with Gasteiger partial charge in [0.2, 0.25) is 0 Å². The van der Waals surface area contributed by atoms with Gasteiger partial charge in [0.15, 0.2) is 5.11 Å². The molecule has 3 unspecified atom stereocenters. The molecule has 7 heteroatoms. The summed E-state index contributed by atoms with van der Waals surface area (Å²) in [6, 6.07) is 3.97. The topological polar surface area (TPSA) is 50.1 Å². The van der Waals surface area contributed by atoms with Crippen molar-refractivity contribution < 1.29 is 13.2 Å². The van der Waals surface area contributed by atoms with Gasteiger partial charge in [0.1, 0.15) is 0 Å². The molecule has 0 fully saturated rings. The summed E-state index contributed by atoms with van der Waals surface area (Å²) in [5.74, 6) is 0.814.